The van der Waals surface area contributed by atoms with Gasteiger partial charge in [0.25, 0.3) is 0 Å². The molecule has 2 unspecified atom stereocenters. The number of phenolic OH excluding ortho intramolecular Hbond substituents is 1. The fraction of sp³-hybridized carbons (Fsp3) is 0.647. The molecule has 3 heteroatoms. The summed E-state index contributed by atoms with van der Waals surface area (Å²) in [5.41, 5.74) is 1.05. The van der Waals surface area contributed by atoms with Crippen molar-refractivity contribution in [3.05, 3.63) is 29.8 Å². The number of hydrogen-bond acceptors (Lipinski definition) is 3. The molecule has 0 bridgehead atoms. The maximum atomic E-state index is 10.0. The van der Waals surface area contributed by atoms with E-state index in [9.17, 15) is 5.11 Å². The fourth-order valence-corrected chi connectivity index (χ4v) is 3.06. The van der Waals surface area contributed by atoms with E-state index in [1.165, 1.54) is 12.8 Å². The lowest BCUT2D eigenvalue weighted by Crippen LogP contribution is -2.42. The molecule has 1 saturated heterocycles. The van der Waals surface area contributed by atoms with Crippen LogP contribution in [0.2, 0.25) is 0 Å². The average Bonchev–Trinajstić information content (AvgIpc) is 2.45. The molecule has 0 saturated carbocycles. The number of likely N-dealkylation sites (tertiary alicyclic amines) is 1. The Morgan fingerprint density at radius 2 is 2.05 bits per heavy atom. The van der Waals surface area contributed by atoms with Crippen LogP contribution in [0.5, 0.6) is 5.75 Å². The number of rotatable bonds is 5. The van der Waals surface area contributed by atoms with Gasteiger partial charge in [0.1, 0.15) is 5.75 Å². The lowest BCUT2D eigenvalue weighted by Gasteiger charge is -2.37. The van der Waals surface area contributed by atoms with Crippen molar-refractivity contribution >= 4 is 0 Å². The molecule has 1 fully saturated rings. The van der Waals surface area contributed by atoms with E-state index in [2.05, 4.69) is 31.0 Å². The second kappa shape index (κ2) is 7.09. The van der Waals surface area contributed by atoms with E-state index < -0.39 is 0 Å². The molecule has 20 heavy (non-hydrogen) atoms. The maximum absolute atomic E-state index is 10.0. The number of aromatic hydroxyl groups is 1. The minimum atomic E-state index is 0.290. The Balaban J connectivity index is 1.96. The summed E-state index contributed by atoms with van der Waals surface area (Å²) in [5.74, 6) is 1.14. The largest absolute Gasteiger partial charge is 0.508 e. The predicted octanol–water partition coefficient (Wildman–Crippen LogP) is 3.16. The van der Waals surface area contributed by atoms with Gasteiger partial charge in [0.15, 0.2) is 0 Å². The Labute approximate surface area is 123 Å². The minimum Gasteiger partial charge on any atom is -0.508 e. The summed E-state index contributed by atoms with van der Waals surface area (Å²) < 4.78 is 0. The second-order valence-corrected chi connectivity index (χ2v) is 6.30. The molecule has 0 radical (unpaired) electrons. The topological polar surface area (TPSA) is 35.5 Å². The van der Waals surface area contributed by atoms with E-state index in [0.717, 1.165) is 31.1 Å². The van der Waals surface area contributed by atoms with Crippen molar-refractivity contribution in [2.75, 3.05) is 19.6 Å². The first-order chi connectivity index (χ1) is 9.58. The van der Waals surface area contributed by atoms with Gasteiger partial charge in [0.05, 0.1) is 0 Å². The number of nitrogens with zero attached hydrogens (tertiary/aromatic N) is 1. The molecule has 0 spiro atoms. The molecule has 0 aliphatic carbocycles. The Morgan fingerprint density at radius 3 is 2.75 bits per heavy atom. The molecule has 2 N–H and O–H groups in total. The van der Waals surface area contributed by atoms with E-state index in [4.69, 9.17) is 0 Å². The van der Waals surface area contributed by atoms with Crippen LogP contribution in [0.4, 0.5) is 0 Å². The number of hydrogen-bond donors (Lipinski definition) is 2. The summed E-state index contributed by atoms with van der Waals surface area (Å²) in [6, 6.07) is 8.56. The third kappa shape index (κ3) is 3.97. The van der Waals surface area contributed by atoms with Crippen molar-refractivity contribution in [2.45, 2.75) is 45.7 Å². The van der Waals surface area contributed by atoms with Gasteiger partial charge in [-0.05, 0) is 44.8 Å². The summed E-state index contributed by atoms with van der Waals surface area (Å²) in [6.07, 6.45) is 2.56. The van der Waals surface area contributed by atoms with Crippen molar-refractivity contribution in [1.29, 1.82) is 0 Å². The zero-order chi connectivity index (χ0) is 14.5. The van der Waals surface area contributed by atoms with E-state index >= 15 is 0 Å². The molecule has 2 atom stereocenters. The lowest BCUT2D eigenvalue weighted by atomic mass is 9.94. The molecule has 1 heterocycles. The summed E-state index contributed by atoms with van der Waals surface area (Å²) in [4.78, 5) is 2.51. The monoisotopic (exact) mass is 276 g/mol. The molecule has 112 valence electrons. The van der Waals surface area contributed by atoms with Crippen LogP contribution in [-0.2, 0) is 0 Å². The van der Waals surface area contributed by atoms with Crippen LogP contribution in [0.15, 0.2) is 24.3 Å². The molecule has 1 aliphatic heterocycles. The minimum absolute atomic E-state index is 0.290. The van der Waals surface area contributed by atoms with Gasteiger partial charge in [-0.25, -0.2) is 0 Å². The fourth-order valence-electron chi connectivity index (χ4n) is 3.06. The Hall–Kier alpha value is -1.06. The predicted molar refractivity (Wildman–Crippen MR) is 84.0 cm³/mol. The molecule has 1 aliphatic rings. The molecule has 2 rings (SSSR count). The maximum Gasteiger partial charge on any atom is 0.120 e. The molecule has 3 nitrogen and oxygen atoms in total. The van der Waals surface area contributed by atoms with E-state index in [0.29, 0.717) is 11.8 Å². The van der Waals surface area contributed by atoms with Gasteiger partial charge >= 0.3 is 0 Å². The highest BCUT2D eigenvalue weighted by Crippen LogP contribution is 2.31. The zero-order valence-electron chi connectivity index (χ0n) is 13.0. The first-order valence-electron chi connectivity index (χ1n) is 7.83. The Morgan fingerprint density at radius 1 is 1.30 bits per heavy atom. The third-order valence-electron chi connectivity index (χ3n) is 4.30. The van der Waals surface area contributed by atoms with Crippen LogP contribution < -0.4 is 5.32 Å². The van der Waals surface area contributed by atoms with E-state index in [1.807, 2.05) is 18.2 Å². The van der Waals surface area contributed by atoms with Crippen molar-refractivity contribution in [1.82, 2.24) is 10.2 Å². The highest BCUT2D eigenvalue weighted by atomic mass is 16.3. The normalized spacial score (nSPS) is 22.1. The van der Waals surface area contributed by atoms with Crippen LogP contribution in [0.1, 0.15) is 45.2 Å². The molecular weight excluding hydrogens is 248 g/mol. The van der Waals surface area contributed by atoms with Crippen LogP contribution in [-0.4, -0.2) is 35.7 Å². The average molecular weight is 276 g/mol. The van der Waals surface area contributed by atoms with E-state index in [-0.39, 0.29) is 6.04 Å². The highest BCUT2D eigenvalue weighted by Gasteiger charge is 2.25. The number of nitrogens with one attached hydrogen (secondary N) is 1. The molecule has 0 aromatic heterocycles. The first-order valence-corrected chi connectivity index (χ1v) is 7.83. The van der Waals surface area contributed by atoms with Gasteiger partial charge in [-0.3, -0.25) is 4.90 Å². The van der Waals surface area contributed by atoms with Crippen molar-refractivity contribution in [2.24, 2.45) is 5.92 Å². The van der Waals surface area contributed by atoms with Crippen LogP contribution in [0, 0.1) is 5.92 Å². The van der Waals surface area contributed by atoms with Crippen molar-refractivity contribution < 1.29 is 5.11 Å². The summed E-state index contributed by atoms with van der Waals surface area (Å²) in [5, 5.41) is 13.6. The number of para-hydroxylation sites is 1. The van der Waals surface area contributed by atoms with Crippen LogP contribution in [0.25, 0.3) is 0 Å². The van der Waals surface area contributed by atoms with Gasteiger partial charge < -0.3 is 10.4 Å². The summed E-state index contributed by atoms with van der Waals surface area (Å²) in [6.45, 7) is 9.95. The summed E-state index contributed by atoms with van der Waals surface area (Å²) in [7, 11) is 0. The van der Waals surface area contributed by atoms with E-state index in [1.54, 1.807) is 6.07 Å². The van der Waals surface area contributed by atoms with Gasteiger partial charge in [-0.15, -0.1) is 0 Å². The zero-order valence-corrected chi connectivity index (χ0v) is 13.0. The quantitative estimate of drug-likeness (QED) is 0.867. The molecular formula is C17H28N2O. The van der Waals surface area contributed by atoms with Crippen molar-refractivity contribution in [3.63, 3.8) is 0 Å². The number of benzene rings is 1. The SMILES string of the molecule is CC(C)NCC1CCCN(C(C)c2ccccc2O)C1. The highest BCUT2D eigenvalue weighted by molar-refractivity contribution is 5.34. The Bertz CT molecular complexity index is 419. The number of phenols is 1. The molecule has 1 aromatic rings. The van der Waals surface area contributed by atoms with Crippen molar-refractivity contribution in [3.8, 4) is 5.75 Å². The number of piperidine rings is 1. The first kappa shape index (κ1) is 15.3. The van der Waals surface area contributed by atoms with Crippen LogP contribution in [0.3, 0.4) is 0 Å². The smallest absolute Gasteiger partial charge is 0.120 e. The Kier molecular flexibility index (Phi) is 5.44. The van der Waals surface area contributed by atoms with Crippen LogP contribution >= 0.6 is 0 Å². The van der Waals surface area contributed by atoms with Gasteiger partial charge in [0.2, 0.25) is 0 Å². The summed E-state index contributed by atoms with van der Waals surface area (Å²) >= 11 is 0. The molecule has 1 aromatic carbocycles. The third-order valence-corrected chi connectivity index (χ3v) is 4.30. The van der Waals surface area contributed by atoms with Gasteiger partial charge in [0, 0.05) is 24.2 Å². The second-order valence-electron chi connectivity index (χ2n) is 6.30. The molecule has 0 amide bonds. The lowest BCUT2D eigenvalue weighted by molar-refractivity contribution is 0.128. The van der Waals surface area contributed by atoms with Gasteiger partial charge in [-0.2, -0.15) is 0 Å². The van der Waals surface area contributed by atoms with Gasteiger partial charge in [-0.1, -0.05) is 32.0 Å². The standard InChI is InChI=1S/C17H28N2O/c1-13(2)18-11-15-7-6-10-19(12-15)14(3)16-8-4-5-9-17(16)20/h4-5,8-9,13-15,18,20H,6-7,10-12H2,1-3H3.